The summed E-state index contributed by atoms with van der Waals surface area (Å²) < 4.78 is 5.37. The van der Waals surface area contributed by atoms with E-state index < -0.39 is 11.3 Å². The van der Waals surface area contributed by atoms with E-state index in [4.69, 9.17) is 16.3 Å². The number of halogens is 1. The second-order valence-corrected chi connectivity index (χ2v) is 4.12. The van der Waals surface area contributed by atoms with Crippen LogP contribution in [0.25, 0.3) is 0 Å². The molecule has 5 heteroatoms. The molecular weight excluding hydrogens is 254 g/mol. The largest absolute Gasteiger partial charge is 0.493 e. The number of hydrogen-bond donors (Lipinski definition) is 1. The van der Waals surface area contributed by atoms with Crippen molar-refractivity contribution in [2.24, 2.45) is 0 Å². The van der Waals surface area contributed by atoms with Gasteiger partial charge in [0.1, 0.15) is 11.8 Å². The highest BCUT2D eigenvalue weighted by molar-refractivity contribution is 6.64. The predicted molar refractivity (Wildman–Crippen MR) is 69.6 cm³/mol. The maximum absolute atomic E-state index is 11.5. The van der Waals surface area contributed by atoms with Crippen LogP contribution in [-0.2, 0) is 9.59 Å². The third kappa shape index (κ3) is 5.19. The van der Waals surface area contributed by atoms with E-state index >= 15 is 0 Å². The molecule has 0 saturated carbocycles. The van der Waals surface area contributed by atoms with E-state index in [0.717, 1.165) is 0 Å². The number of carbonyl (C=O) groups is 2. The second-order valence-electron chi connectivity index (χ2n) is 3.74. The zero-order chi connectivity index (χ0) is 13.4. The summed E-state index contributed by atoms with van der Waals surface area (Å²) in [7, 11) is 0. The lowest BCUT2D eigenvalue weighted by Gasteiger charge is -2.12. The number of carbonyl (C=O) groups excluding carboxylic acids is 2. The molecule has 18 heavy (non-hydrogen) atoms. The summed E-state index contributed by atoms with van der Waals surface area (Å²) in [5.41, 5.74) is 0. The molecule has 1 rings (SSSR count). The van der Waals surface area contributed by atoms with Gasteiger partial charge in [0.25, 0.3) is 0 Å². The molecule has 0 radical (unpaired) electrons. The van der Waals surface area contributed by atoms with Gasteiger partial charge in [0.2, 0.25) is 11.1 Å². The number of amides is 1. The van der Waals surface area contributed by atoms with Crippen molar-refractivity contribution < 1.29 is 14.3 Å². The van der Waals surface area contributed by atoms with Gasteiger partial charge in [-0.25, -0.2) is 0 Å². The van der Waals surface area contributed by atoms with Crippen LogP contribution in [0, 0.1) is 0 Å². The Morgan fingerprint density at radius 1 is 1.33 bits per heavy atom. The monoisotopic (exact) mass is 269 g/mol. The topological polar surface area (TPSA) is 55.4 Å². The van der Waals surface area contributed by atoms with Crippen LogP contribution in [0.2, 0.25) is 0 Å². The van der Waals surface area contributed by atoms with Crippen molar-refractivity contribution in [3.63, 3.8) is 0 Å². The van der Waals surface area contributed by atoms with Crippen LogP contribution in [0.15, 0.2) is 30.3 Å². The highest BCUT2D eigenvalue weighted by Gasteiger charge is 2.16. The minimum absolute atomic E-state index is 0.190. The first kappa shape index (κ1) is 14.5. The lowest BCUT2D eigenvalue weighted by atomic mass is 10.2. The molecule has 0 aliphatic heterocycles. The first-order valence-electron chi connectivity index (χ1n) is 5.80. The molecule has 0 aliphatic carbocycles. The molecule has 1 aromatic rings. The molecule has 4 nitrogen and oxygen atoms in total. The number of benzene rings is 1. The summed E-state index contributed by atoms with van der Waals surface area (Å²) in [6.45, 7) is 2.05. The number of para-hydroxylation sites is 1. The summed E-state index contributed by atoms with van der Waals surface area (Å²) >= 11 is 5.33. The highest BCUT2D eigenvalue weighted by atomic mass is 35.5. The summed E-state index contributed by atoms with van der Waals surface area (Å²) in [5, 5.41) is 2.01. The van der Waals surface area contributed by atoms with Crippen LogP contribution in [0.5, 0.6) is 5.75 Å². The van der Waals surface area contributed by atoms with Crippen LogP contribution < -0.4 is 10.1 Å². The van der Waals surface area contributed by atoms with Gasteiger partial charge in [0, 0.05) is 0 Å². The molecule has 1 aromatic carbocycles. The second kappa shape index (κ2) is 7.71. The van der Waals surface area contributed by atoms with Gasteiger partial charge in [-0.3, -0.25) is 9.59 Å². The minimum atomic E-state index is -0.615. The Morgan fingerprint density at radius 2 is 2.00 bits per heavy atom. The van der Waals surface area contributed by atoms with Gasteiger partial charge in [0.05, 0.1) is 13.0 Å². The molecule has 1 atom stereocenters. The number of nitrogens with one attached hydrogen (secondary N) is 1. The third-order valence-electron chi connectivity index (χ3n) is 2.36. The van der Waals surface area contributed by atoms with E-state index in [2.05, 4.69) is 5.32 Å². The van der Waals surface area contributed by atoms with Gasteiger partial charge in [-0.15, -0.1) is 0 Å². The maximum Gasteiger partial charge on any atom is 0.243 e. The van der Waals surface area contributed by atoms with Gasteiger partial charge in [-0.05, 0) is 30.2 Å². The van der Waals surface area contributed by atoms with Gasteiger partial charge < -0.3 is 10.1 Å². The Balaban J connectivity index is 2.27. The fraction of sp³-hybridized carbons (Fsp3) is 0.385. The van der Waals surface area contributed by atoms with E-state index in [1.165, 1.54) is 0 Å². The molecule has 98 valence electrons. The molecule has 0 aliphatic rings. The van der Waals surface area contributed by atoms with E-state index in [1.54, 1.807) is 6.92 Å². The lowest BCUT2D eigenvalue weighted by molar-refractivity contribution is -0.125. The molecule has 1 unspecified atom stereocenters. The van der Waals surface area contributed by atoms with Crippen LogP contribution in [-0.4, -0.2) is 23.8 Å². The van der Waals surface area contributed by atoms with Crippen LogP contribution in [0.4, 0.5) is 0 Å². The molecule has 0 aromatic heterocycles. The Bertz CT molecular complexity index is 394. The Kier molecular flexibility index (Phi) is 6.22. The summed E-state index contributed by atoms with van der Waals surface area (Å²) in [4.78, 5) is 22.4. The Hall–Kier alpha value is -1.55. The SMILES string of the molecule is CCC(NC(=O)CCOc1ccccc1)C(=O)Cl. The van der Waals surface area contributed by atoms with E-state index in [9.17, 15) is 9.59 Å². The maximum atomic E-state index is 11.5. The van der Waals surface area contributed by atoms with Crippen LogP contribution >= 0.6 is 11.6 Å². The standard InChI is InChI=1S/C13H16ClNO3/c1-2-11(13(14)17)15-12(16)8-9-18-10-6-4-3-5-7-10/h3-7,11H,2,8-9H2,1H3,(H,15,16). The van der Waals surface area contributed by atoms with Crippen molar-refractivity contribution in [1.29, 1.82) is 0 Å². The first-order chi connectivity index (χ1) is 8.63. The van der Waals surface area contributed by atoms with E-state index in [0.29, 0.717) is 12.2 Å². The quantitative estimate of drug-likeness (QED) is 0.772. The lowest BCUT2D eigenvalue weighted by Crippen LogP contribution is -2.38. The number of rotatable bonds is 7. The highest BCUT2D eigenvalue weighted by Crippen LogP contribution is 2.08. The minimum Gasteiger partial charge on any atom is -0.493 e. The fourth-order valence-corrected chi connectivity index (χ4v) is 1.57. The molecule has 0 spiro atoms. The van der Waals surface area contributed by atoms with Gasteiger partial charge >= 0.3 is 0 Å². The number of hydrogen-bond acceptors (Lipinski definition) is 3. The van der Waals surface area contributed by atoms with E-state index in [1.807, 2.05) is 30.3 Å². The first-order valence-corrected chi connectivity index (χ1v) is 6.17. The molecular formula is C13H16ClNO3. The smallest absolute Gasteiger partial charge is 0.243 e. The van der Waals surface area contributed by atoms with Crippen molar-refractivity contribution in [1.82, 2.24) is 5.32 Å². The zero-order valence-electron chi connectivity index (χ0n) is 10.2. The van der Waals surface area contributed by atoms with Crippen LogP contribution in [0.3, 0.4) is 0 Å². The van der Waals surface area contributed by atoms with Crippen molar-refractivity contribution in [3.8, 4) is 5.75 Å². The number of ether oxygens (including phenoxy) is 1. The normalized spacial score (nSPS) is 11.7. The average Bonchev–Trinajstić information content (AvgIpc) is 2.37. The van der Waals surface area contributed by atoms with Crippen molar-refractivity contribution >= 4 is 22.8 Å². The Morgan fingerprint density at radius 3 is 2.56 bits per heavy atom. The molecule has 0 saturated heterocycles. The Labute approximate surface area is 111 Å². The van der Waals surface area contributed by atoms with Crippen molar-refractivity contribution in [2.75, 3.05) is 6.61 Å². The molecule has 0 fully saturated rings. The summed E-state index contributed by atoms with van der Waals surface area (Å²) in [6, 6.07) is 8.61. The van der Waals surface area contributed by atoms with Crippen molar-refractivity contribution in [3.05, 3.63) is 30.3 Å². The third-order valence-corrected chi connectivity index (χ3v) is 2.62. The van der Waals surface area contributed by atoms with Gasteiger partial charge in [-0.1, -0.05) is 25.1 Å². The average molecular weight is 270 g/mol. The molecule has 1 N–H and O–H groups in total. The van der Waals surface area contributed by atoms with Crippen molar-refractivity contribution in [2.45, 2.75) is 25.8 Å². The van der Waals surface area contributed by atoms with Gasteiger partial charge in [0.15, 0.2) is 0 Å². The molecule has 0 heterocycles. The predicted octanol–water partition coefficient (Wildman–Crippen LogP) is 2.12. The van der Waals surface area contributed by atoms with Crippen LogP contribution in [0.1, 0.15) is 19.8 Å². The fourth-order valence-electron chi connectivity index (χ4n) is 1.36. The summed E-state index contributed by atoms with van der Waals surface area (Å²) in [5.74, 6) is 0.470. The molecule has 1 amide bonds. The van der Waals surface area contributed by atoms with E-state index in [-0.39, 0.29) is 18.9 Å². The van der Waals surface area contributed by atoms with Gasteiger partial charge in [-0.2, -0.15) is 0 Å². The zero-order valence-corrected chi connectivity index (χ0v) is 10.9. The molecule has 0 bridgehead atoms. The summed E-state index contributed by atoms with van der Waals surface area (Å²) in [6.07, 6.45) is 0.670.